The van der Waals surface area contributed by atoms with Gasteiger partial charge in [-0.1, -0.05) is 11.6 Å². The van der Waals surface area contributed by atoms with Crippen LogP contribution in [0.5, 0.6) is 11.5 Å². The van der Waals surface area contributed by atoms with Gasteiger partial charge in [0.15, 0.2) is 18.1 Å². The molecule has 1 aliphatic heterocycles. The number of nitriles is 1. The molecule has 0 saturated carbocycles. The number of carbonyl (C=O) groups excluding carboxylic acids is 1. The minimum absolute atomic E-state index is 0.0808. The average Bonchev–Trinajstić information content (AvgIpc) is 3.30. The van der Waals surface area contributed by atoms with Gasteiger partial charge in [-0.25, -0.2) is 13.8 Å². The van der Waals surface area contributed by atoms with Gasteiger partial charge >= 0.3 is 0 Å². The molecule has 174 valence electrons. The van der Waals surface area contributed by atoms with E-state index in [2.05, 4.69) is 10.5 Å². The highest BCUT2D eigenvalue weighted by atomic mass is 35.5. The number of nitrogens with one attached hydrogen (secondary N) is 1. The Hall–Kier alpha value is -3.13. The van der Waals surface area contributed by atoms with Crippen molar-refractivity contribution < 1.29 is 22.7 Å². The number of sulfonamides is 1. The SMILES string of the molecule is CCOc1cc(/C=N\NC(=O)[C@@H]2CCCN2S(=O)(=O)c2ccc(Cl)cc2)ccc1OCC#N. The van der Waals surface area contributed by atoms with Crippen molar-refractivity contribution in [2.75, 3.05) is 19.8 Å². The van der Waals surface area contributed by atoms with E-state index in [1.807, 2.05) is 13.0 Å². The molecule has 0 aromatic heterocycles. The van der Waals surface area contributed by atoms with E-state index < -0.39 is 22.0 Å². The summed E-state index contributed by atoms with van der Waals surface area (Å²) in [6, 6.07) is 11.9. The molecule has 33 heavy (non-hydrogen) atoms. The number of benzene rings is 2. The monoisotopic (exact) mass is 490 g/mol. The van der Waals surface area contributed by atoms with Crippen LogP contribution in [-0.4, -0.2) is 50.6 Å². The summed E-state index contributed by atoms with van der Waals surface area (Å²) in [6.07, 6.45) is 2.38. The first-order valence-corrected chi connectivity index (χ1v) is 12.1. The van der Waals surface area contributed by atoms with Gasteiger partial charge in [0.2, 0.25) is 10.0 Å². The molecule has 1 saturated heterocycles. The third-order valence-corrected chi connectivity index (χ3v) is 7.05. The van der Waals surface area contributed by atoms with Crippen LogP contribution in [0.15, 0.2) is 52.5 Å². The zero-order chi connectivity index (χ0) is 23.8. The van der Waals surface area contributed by atoms with E-state index in [0.717, 1.165) is 0 Å². The molecule has 1 N–H and O–H groups in total. The van der Waals surface area contributed by atoms with E-state index in [9.17, 15) is 13.2 Å². The van der Waals surface area contributed by atoms with Crippen LogP contribution in [0.1, 0.15) is 25.3 Å². The molecule has 0 spiro atoms. The summed E-state index contributed by atoms with van der Waals surface area (Å²) in [5.74, 6) is 0.355. The van der Waals surface area contributed by atoms with Gasteiger partial charge in [-0.3, -0.25) is 4.79 Å². The number of ether oxygens (including phenoxy) is 2. The van der Waals surface area contributed by atoms with Gasteiger partial charge < -0.3 is 9.47 Å². The van der Waals surface area contributed by atoms with Gasteiger partial charge in [0, 0.05) is 11.6 Å². The Morgan fingerprint density at radius 3 is 2.73 bits per heavy atom. The van der Waals surface area contributed by atoms with Crippen LogP contribution < -0.4 is 14.9 Å². The molecule has 1 amide bonds. The maximum Gasteiger partial charge on any atom is 0.258 e. The van der Waals surface area contributed by atoms with Gasteiger partial charge in [-0.2, -0.15) is 14.7 Å². The zero-order valence-corrected chi connectivity index (χ0v) is 19.5. The summed E-state index contributed by atoms with van der Waals surface area (Å²) in [4.78, 5) is 12.8. The third-order valence-electron chi connectivity index (χ3n) is 4.87. The molecular weight excluding hydrogens is 468 g/mol. The van der Waals surface area contributed by atoms with Crippen molar-refractivity contribution in [2.45, 2.75) is 30.7 Å². The number of hydrogen-bond acceptors (Lipinski definition) is 7. The van der Waals surface area contributed by atoms with Crippen molar-refractivity contribution in [2.24, 2.45) is 5.10 Å². The average molecular weight is 491 g/mol. The molecule has 0 radical (unpaired) electrons. The fourth-order valence-corrected chi connectivity index (χ4v) is 5.16. The Kier molecular flexibility index (Phi) is 8.27. The molecule has 2 aromatic rings. The first kappa shape index (κ1) is 24.5. The molecule has 0 aliphatic carbocycles. The molecule has 0 unspecified atom stereocenters. The van der Waals surface area contributed by atoms with Crippen LogP contribution in [0.2, 0.25) is 5.02 Å². The van der Waals surface area contributed by atoms with Gasteiger partial charge in [0.05, 0.1) is 17.7 Å². The largest absolute Gasteiger partial charge is 0.490 e. The first-order valence-electron chi connectivity index (χ1n) is 10.2. The highest BCUT2D eigenvalue weighted by molar-refractivity contribution is 7.89. The predicted octanol–water partition coefficient (Wildman–Crippen LogP) is 2.94. The van der Waals surface area contributed by atoms with E-state index in [1.54, 1.807) is 18.2 Å². The Morgan fingerprint density at radius 2 is 2.03 bits per heavy atom. The standard InChI is InChI=1S/C22H23ClN4O5S/c1-2-31-21-14-16(5-10-20(21)32-13-11-24)15-25-26-22(28)19-4-3-12-27(19)33(29,30)18-8-6-17(23)7-9-18/h5-10,14-15,19H,2-4,12-13H2,1H3,(H,26,28)/b25-15-/t19-/m0/s1. The van der Waals surface area contributed by atoms with Gasteiger partial charge in [0.25, 0.3) is 5.91 Å². The minimum atomic E-state index is -3.84. The molecule has 1 aliphatic rings. The van der Waals surface area contributed by atoms with E-state index in [4.69, 9.17) is 26.3 Å². The lowest BCUT2D eigenvalue weighted by atomic mass is 10.2. The number of hydrazone groups is 1. The number of hydrogen-bond donors (Lipinski definition) is 1. The summed E-state index contributed by atoms with van der Waals surface area (Å²) in [5, 5.41) is 13.1. The molecular formula is C22H23ClN4O5S. The molecule has 3 rings (SSSR count). The topological polar surface area (TPSA) is 121 Å². The summed E-state index contributed by atoms with van der Waals surface area (Å²) in [7, 11) is -3.84. The lowest BCUT2D eigenvalue weighted by Crippen LogP contribution is -2.44. The second kappa shape index (κ2) is 11.1. The van der Waals surface area contributed by atoms with Gasteiger partial charge in [-0.05, 0) is 67.8 Å². The molecule has 0 bridgehead atoms. The lowest BCUT2D eigenvalue weighted by Gasteiger charge is -2.22. The maximum atomic E-state index is 13.0. The van der Waals surface area contributed by atoms with E-state index in [-0.39, 0.29) is 18.0 Å². The van der Waals surface area contributed by atoms with Gasteiger partial charge in [-0.15, -0.1) is 0 Å². The van der Waals surface area contributed by atoms with E-state index in [0.29, 0.717) is 41.5 Å². The first-order chi connectivity index (χ1) is 15.9. The van der Waals surface area contributed by atoms with Crippen LogP contribution in [0, 0.1) is 11.3 Å². The van der Waals surface area contributed by atoms with Gasteiger partial charge in [0.1, 0.15) is 12.1 Å². The van der Waals surface area contributed by atoms with Crippen molar-refractivity contribution in [1.82, 2.24) is 9.73 Å². The minimum Gasteiger partial charge on any atom is -0.490 e. The normalized spacial score (nSPS) is 16.5. The quantitative estimate of drug-likeness (QED) is 0.426. The highest BCUT2D eigenvalue weighted by Gasteiger charge is 2.39. The zero-order valence-electron chi connectivity index (χ0n) is 17.9. The third kappa shape index (κ3) is 6.01. The predicted molar refractivity (Wildman–Crippen MR) is 123 cm³/mol. The van der Waals surface area contributed by atoms with Crippen molar-refractivity contribution >= 4 is 33.7 Å². The molecule has 2 aromatic carbocycles. The van der Waals surface area contributed by atoms with E-state index >= 15 is 0 Å². The second-order valence-electron chi connectivity index (χ2n) is 7.05. The molecule has 1 fully saturated rings. The van der Waals surface area contributed by atoms with E-state index in [1.165, 1.54) is 34.8 Å². The van der Waals surface area contributed by atoms with Crippen LogP contribution >= 0.6 is 11.6 Å². The molecule has 1 atom stereocenters. The van der Waals surface area contributed by atoms with Crippen molar-refractivity contribution in [3.63, 3.8) is 0 Å². The lowest BCUT2D eigenvalue weighted by molar-refractivity contribution is -0.124. The second-order valence-corrected chi connectivity index (χ2v) is 9.37. The van der Waals surface area contributed by atoms with Crippen LogP contribution in [0.4, 0.5) is 0 Å². The van der Waals surface area contributed by atoms with Crippen LogP contribution in [0.25, 0.3) is 0 Å². The fraction of sp³-hybridized carbons (Fsp3) is 0.318. The summed E-state index contributed by atoms with van der Waals surface area (Å²) in [5.41, 5.74) is 3.05. The molecule has 1 heterocycles. The smallest absolute Gasteiger partial charge is 0.258 e. The Morgan fingerprint density at radius 1 is 1.27 bits per heavy atom. The summed E-state index contributed by atoms with van der Waals surface area (Å²) in [6.45, 7) is 2.36. The Bertz CT molecular complexity index is 1160. The maximum absolute atomic E-state index is 13.0. The molecule has 11 heteroatoms. The summed E-state index contributed by atoms with van der Waals surface area (Å²) >= 11 is 5.85. The van der Waals surface area contributed by atoms with Crippen LogP contribution in [0.3, 0.4) is 0 Å². The van der Waals surface area contributed by atoms with Crippen molar-refractivity contribution in [1.29, 1.82) is 5.26 Å². The number of carbonyl (C=O) groups is 1. The highest BCUT2D eigenvalue weighted by Crippen LogP contribution is 2.28. The summed E-state index contributed by atoms with van der Waals surface area (Å²) < 4.78 is 38.0. The number of amides is 1. The van der Waals surface area contributed by atoms with Crippen LogP contribution in [-0.2, 0) is 14.8 Å². The number of rotatable bonds is 9. The Labute approximate surface area is 197 Å². The Balaban J connectivity index is 1.69. The fourth-order valence-electron chi connectivity index (χ4n) is 3.38. The number of nitrogens with zero attached hydrogens (tertiary/aromatic N) is 3. The number of halogens is 1. The van der Waals surface area contributed by atoms with Crippen molar-refractivity contribution in [3.8, 4) is 17.6 Å². The molecule has 9 nitrogen and oxygen atoms in total. The van der Waals surface area contributed by atoms with Crippen molar-refractivity contribution in [3.05, 3.63) is 53.1 Å².